The molecule has 0 aliphatic rings. The van der Waals surface area contributed by atoms with Crippen LogP contribution in [0.25, 0.3) is 10.9 Å². The van der Waals surface area contributed by atoms with Crippen molar-refractivity contribution in [2.45, 2.75) is 33.2 Å². The number of phenolic OH excluding ortho intramolecular Hbond substituents is 2. The maximum Gasteiger partial charge on any atom is 0.168 e. The number of hydrogen-bond donors (Lipinski definition) is 3. The molecule has 0 fully saturated rings. The molecule has 1 aromatic heterocycles. The first kappa shape index (κ1) is 22.4. The minimum atomic E-state index is -0.0879. The van der Waals surface area contributed by atoms with Crippen LogP contribution in [0.15, 0.2) is 41.6 Å². The summed E-state index contributed by atoms with van der Waals surface area (Å²) in [7, 11) is 3.33. The van der Waals surface area contributed by atoms with Gasteiger partial charge >= 0.3 is 0 Å². The molecule has 1 heterocycles. The largest absolute Gasteiger partial charge is 0.508 e. The van der Waals surface area contributed by atoms with E-state index in [1.165, 1.54) is 11.6 Å². The number of phenols is 2. The Balaban J connectivity index is 2.26. The number of aromatic hydroxyl groups is 2. The van der Waals surface area contributed by atoms with Crippen LogP contribution in [0, 0.1) is 0 Å². The van der Waals surface area contributed by atoms with Gasteiger partial charge in [-0.25, -0.2) is 0 Å². The number of nitrogens with zero attached hydrogens (tertiary/aromatic N) is 3. The number of rotatable bonds is 7. The van der Waals surface area contributed by atoms with Gasteiger partial charge in [0.25, 0.3) is 0 Å². The Kier molecular flexibility index (Phi) is 6.70. The zero-order chi connectivity index (χ0) is 22.7. The van der Waals surface area contributed by atoms with Crippen molar-refractivity contribution in [2.75, 3.05) is 19.1 Å². The fraction of sp³-hybridized carbons (Fsp3) is 0.304. The number of hydrazone groups is 1. The second kappa shape index (κ2) is 9.26. The molecule has 0 aliphatic heterocycles. The number of benzene rings is 2. The quantitative estimate of drug-likeness (QED) is 0.216. The van der Waals surface area contributed by atoms with Crippen molar-refractivity contribution in [3.05, 3.63) is 47.7 Å². The second-order valence-electron chi connectivity index (χ2n) is 7.35. The summed E-state index contributed by atoms with van der Waals surface area (Å²) in [5.74, 6) is 1.13. The van der Waals surface area contributed by atoms with Crippen molar-refractivity contribution in [2.24, 2.45) is 5.10 Å². The van der Waals surface area contributed by atoms with Gasteiger partial charge in [-0.2, -0.15) is 5.10 Å². The molecule has 0 saturated heterocycles. The lowest BCUT2D eigenvalue weighted by Gasteiger charge is -2.24. The van der Waals surface area contributed by atoms with E-state index in [2.05, 4.69) is 28.9 Å². The standard InChI is InChI=1S/C23H28N4O3S/c1-6-15-11-17(20(29)12-19(15)28)23(25-24-4)27(13-31)18-7-8-21(30-5)22-16(18)9-10-26(22)14(2)3/h7-14,24,28-29H,6H2,1-5H3/b25-23-. The SMILES string of the molecule is CCc1cc(/C(=N/NC)N(C=S)c2ccc(OC)c3c2ccn3C(C)C)c(O)cc1O. The number of aryl methyl sites for hydroxylation is 1. The van der Waals surface area contributed by atoms with Crippen molar-refractivity contribution >= 4 is 40.1 Å². The number of fused-ring (bicyclic) bond motifs is 1. The highest BCUT2D eigenvalue weighted by Crippen LogP contribution is 2.37. The number of aromatic nitrogens is 1. The lowest BCUT2D eigenvalue weighted by Crippen LogP contribution is -2.31. The number of methoxy groups -OCH3 is 1. The van der Waals surface area contributed by atoms with E-state index in [-0.39, 0.29) is 17.5 Å². The van der Waals surface area contributed by atoms with Crippen molar-refractivity contribution < 1.29 is 14.9 Å². The first-order chi connectivity index (χ1) is 14.9. The third-order valence-corrected chi connectivity index (χ3v) is 5.43. The monoisotopic (exact) mass is 440 g/mol. The Morgan fingerprint density at radius 2 is 2.00 bits per heavy atom. The zero-order valence-electron chi connectivity index (χ0n) is 18.4. The fourth-order valence-corrected chi connectivity index (χ4v) is 3.91. The van der Waals surface area contributed by atoms with Crippen molar-refractivity contribution in [3.63, 3.8) is 0 Å². The van der Waals surface area contributed by atoms with Crippen LogP contribution in [0.5, 0.6) is 17.2 Å². The molecule has 31 heavy (non-hydrogen) atoms. The number of anilines is 1. The Bertz CT molecular complexity index is 1140. The summed E-state index contributed by atoms with van der Waals surface area (Å²) >= 11 is 5.38. The molecule has 7 nitrogen and oxygen atoms in total. The van der Waals surface area contributed by atoms with Gasteiger partial charge in [-0.05, 0) is 50.1 Å². The molecule has 0 amide bonds. The fourth-order valence-electron chi connectivity index (χ4n) is 3.70. The summed E-state index contributed by atoms with van der Waals surface area (Å²) in [6.45, 7) is 6.15. The van der Waals surface area contributed by atoms with Crippen molar-refractivity contribution in [1.29, 1.82) is 0 Å². The smallest absolute Gasteiger partial charge is 0.168 e. The molecule has 3 aromatic rings. The molecule has 0 saturated carbocycles. The maximum absolute atomic E-state index is 10.6. The molecule has 0 atom stereocenters. The molecule has 164 valence electrons. The van der Waals surface area contributed by atoms with Crippen LogP contribution in [0.2, 0.25) is 0 Å². The summed E-state index contributed by atoms with van der Waals surface area (Å²) < 4.78 is 7.75. The molecule has 0 spiro atoms. The van der Waals surface area contributed by atoms with Crippen LogP contribution >= 0.6 is 12.2 Å². The zero-order valence-corrected chi connectivity index (χ0v) is 19.2. The maximum atomic E-state index is 10.6. The molecule has 3 N–H and O–H groups in total. The van der Waals surface area contributed by atoms with Crippen LogP contribution in [-0.2, 0) is 6.42 Å². The predicted molar refractivity (Wildman–Crippen MR) is 130 cm³/mol. The van der Waals surface area contributed by atoms with Gasteiger partial charge < -0.3 is 24.9 Å². The van der Waals surface area contributed by atoms with E-state index in [9.17, 15) is 10.2 Å². The average Bonchev–Trinajstić information content (AvgIpc) is 3.20. The second-order valence-corrected chi connectivity index (χ2v) is 7.56. The van der Waals surface area contributed by atoms with E-state index in [0.29, 0.717) is 23.4 Å². The molecular weight excluding hydrogens is 412 g/mol. The highest BCUT2D eigenvalue weighted by molar-refractivity contribution is 7.79. The number of nitrogens with one attached hydrogen (secondary N) is 1. The Labute approximate surface area is 187 Å². The molecule has 8 heteroatoms. The van der Waals surface area contributed by atoms with Crippen molar-refractivity contribution in [1.82, 2.24) is 9.99 Å². The summed E-state index contributed by atoms with van der Waals surface area (Å²) in [5, 5.41) is 26.1. The first-order valence-electron chi connectivity index (χ1n) is 10.1. The summed E-state index contributed by atoms with van der Waals surface area (Å²) in [6.07, 6.45) is 2.62. The molecule has 0 bridgehead atoms. The van der Waals surface area contributed by atoms with Crippen LogP contribution in [-0.4, -0.2) is 40.3 Å². The minimum absolute atomic E-state index is 0.0438. The van der Waals surface area contributed by atoms with E-state index < -0.39 is 0 Å². The molecule has 0 unspecified atom stereocenters. The van der Waals surface area contributed by atoms with Crippen molar-refractivity contribution in [3.8, 4) is 17.2 Å². The summed E-state index contributed by atoms with van der Waals surface area (Å²) in [5.41, 5.74) is 7.19. The summed E-state index contributed by atoms with van der Waals surface area (Å²) in [6, 6.07) is 9.13. The minimum Gasteiger partial charge on any atom is -0.508 e. The van der Waals surface area contributed by atoms with Crippen LogP contribution < -0.4 is 15.1 Å². The van der Waals surface area contributed by atoms with E-state index in [0.717, 1.165) is 22.3 Å². The van der Waals surface area contributed by atoms with Gasteiger partial charge in [-0.1, -0.05) is 19.1 Å². The molecular formula is C23H28N4O3S. The third-order valence-electron chi connectivity index (χ3n) is 5.22. The third kappa shape index (κ3) is 4.03. The van der Waals surface area contributed by atoms with E-state index in [4.69, 9.17) is 17.0 Å². The van der Waals surface area contributed by atoms with Crippen LogP contribution in [0.1, 0.15) is 37.9 Å². The van der Waals surface area contributed by atoms with Gasteiger partial charge in [-0.15, -0.1) is 0 Å². The first-order valence-corrected chi connectivity index (χ1v) is 10.6. The highest BCUT2D eigenvalue weighted by Gasteiger charge is 2.23. The Hall–Kier alpha value is -3.26. The van der Waals surface area contributed by atoms with Crippen LogP contribution in [0.3, 0.4) is 0 Å². The highest BCUT2D eigenvalue weighted by atomic mass is 32.1. The van der Waals surface area contributed by atoms with Gasteiger partial charge in [-0.3, -0.25) is 4.90 Å². The van der Waals surface area contributed by atoms with E-state index >= 15 is 0 Å². The lowest BCUT2D eigenvalue weighted by molar-refractivity contribution is 0.416. The lowest BCUT2D eigenvalue weighted by atomic mass is 10.0. The van der Waals surface area contributed by atoms with Gasteiger partial charge in [0, 0.05) is 30.7 Å². The number of hydrogen-bond acceptors (Lipinski definition) is 6. The van der Waals surface area contributed by atoms with Gasteiger partial charge in [0.05, 0.1) is 29.4 Å². The van der Waals surface area contributed by atoms with E-state index in [1.54, 1.807) is 25.1 Å². The number of amidine groups is 1. The van der Waals surface area contributed by atoms with Crippen LogP contribution in [0.4, 0.5) is 5.69 Å². The predicted octanol–water partition coefficient (Wildman–Crippen LogP) is 4.55. The van der Waals surface area contributed by atoms with Gasteiger partial charge in [0.2, 0.25) is 0 Å². The molecule has 2 aromatic carbocycles. The Morgan fingerprint density at radius 1 is 1.26 bits per heavy atom. The number of ether oxygens (including phenoxy) is 1. The average molecular weight is 441 g/mol. The van der Waals surface area contributed by atoms with Gasteiger partial charge in [0.1, 0.15) is 17.2 Å². The normalized spacial score (nSPS) is 11.7. The molecule has 0 radical (unpaired) electrons. The van der Waals surface area contributed by atoms with E-state index in [1.807, 2.05) is 31.3 Å². The summed E-state index contributed by atoms with van der Waals surface area (Å²) in [4.78, 5) is 1.74. The Morgan fingerprint density at radius 3 is 2.58 bits per heavy atom. The topological polar surface area (TPSA) is 82.2 Å². The molecule has 3 rings (SSSR count). The number of thiocarbonyl (C=S) groups is 1. The van der Waals surface area contributed by atoms with Gasteiger partial charge in [0.15, 0.2) is 5.84 Å². The molecule has 0 aliphatic carbocycles.